The third-order valence-electron chi connectivity index (χ3n) is 5.10. The summed E-state index contributed by atoms with van der Waals surface area (Å²) in [6, 6.07) is 7.76. The Kier molecular flexibility index (Phi) is 5.68. The summed E-state index contributed by atoms with van der Waals surface area (Å²) in [5.41, 5.74) is 7.85. The van der Waals surface area contributed by atoms with E-state index in [0.717, 1.165) is 17.7 Å². The van der Waals surface area contributed by atoms with Crippen molar-refractivity contribution >= 4 is 22.9 Å². The van der Waals surface area contributed by atoms with Gasteiger partial charge in [0.05, 0.1) is 20.0 Å². The van der Waals surface area contributed by atoms with Crippen molar-refractivity contribution in [3.05, 3.63) is 36.2 Å². The third-order valence-corrected chi connectivity index (χ3v) is 5.10. The van der Waals surface area contributed by atoms with E-state index in [1.807, 2.05) is 24.3 Å². The van der Waals surface area contributed by atoms with Crippen LogP contribution in [0, 0.1) is 0 Å². The molecule has 160 valence electrons. The van der Waals surface area contributed by atoms with Crippen molar-refractivity contribution in [3.8, 4) is 5.75 Å². The molecule has 0 spiro atoms. The number of nitrogens with two attached hydrogens (primary N) is 1. The number of hydrogen-bond acceptors (Lipinski definition) is 10. The maximum atomic E-state index is 10.3. The van der Waals surface area contributed by atoms with Gasteiger partial charge in [-0.05, 0) is 24.1 Å². The molecule has 2 aromatic heterocycles. The lowest BCUT2D eigenvalue weighted by Crippen LogP contribution is -2.33. The highest BCUT2D eigenvalue weighted by Crippen LogP contribution is 2.32. The number of ether oxygens (including phenoxy) is 2. The molecule has 1 aliphatic heterocycles. The number of aliphatic hydroxyl groups excluding tert-OH is 3. The Hall–Kier alpha value is -2.99. The average molecular weight is 416 g/mol. The molecule has 1 aliphatic rings. The van der Waals surface area contributed by atoms with E-state index in [4.69, 9.17) is 15.2 Å². The van der Waals surface area contributed by atoms with Crippen LogP contribution in [0.2, 0.25) is 0 Å². The van der Waals surface area contributed by atoms with Crippen LogP contribution < -0.4 is 15.8 Å². The van der Waals surface area contributed by atoms with Crippen LogP contribution in [0.5, 0.6) is 5.75 Å². The van der Waals surface area contributed by atoms with Crippen LogP contribution in [0.25, 0.3) is 11.2 Å². The molecule has 1 aromatic carbocycles. The zero-order chi connectivity index (χ0) is 21.3. The van der Waals surface area contributed by atoms with Crippen molar-refractivity contribution in [2.75, 3.05) is 31.3 Å². The number of rotatable bonds is 7. The minimum absolute atomic E-state index is 0.178. The topological polar surface area (TPSA) is 161 Å². The molecule has 0 saturated carbocycles. The van der Waals surface area contributed by atoms with Gasteiger partial charge in [-0.1, -0.05) is 12.1 Å². The zero-order valence-corrected chi connectivity index (χ0v) is 16.3. The molecule has 0 aliphatic carbocycles. The zero-order valence-electron chi connectivity index (χ0n) is 16.3. The van der Waals surface area contributed by atoms with E-state index in [2.05, 4.69) is 20.3 Å². The lowest BCUT2D eigenvalue weighted by Gasteiger charge is -2.16. The highest BCUT2D eigenvalue weighted by Gasteiger charge is 2.44. The van der Waals surface area contributed by atoms with Crippen molar-refractivity contribution in [1.29, 1.82) is 0 Å². The fourth-order valence-corrected chi connectivity index (χ4v) is 3.42. The van der Waals surface area contributed by atoms with Gasteiger partial charge in [-0.2, -0.15) is 9.97 Å². The minimum Gasteiger partial charge on any atom is -0.497 e. The van der Waals surface area contributed by atoms with Gasteiger partial charge in [-0.25, -0.2) is 4.98 Å². The summed E-state index contributed by atoms with van der Waals surface area (Å²) in [4.78, 5) is 12.9. The van der Waals surface area contributed by atoms with E-state index in [-0.39, 0.29) is 5.82 Å². The second-order valence-corrected chi connectivity index (χ2v) is 7.01. The first-order chi connectivity index (χ1) is 14.5. The van der Waals surface area contributed by atoms with Crippen LogP contribution >= 0.6 is 0 Å². The molecule has 30 heavy (non-hydrogen) atoms. The van der Waals surface area contributed by atoms with Crippen LogP contribution in [0.15, 0.2) is 30.6 Å². The van der Waals surface area contributed by atoms with Crippen LogP contribution in [0.1, 0.15) is 11.8 Å². The molecule has 1 saturated heterocycles. The number of aliphatic hydroxyl groups is 3. The van der Waals surface area contributed by atoms with E-state index >= 15 is 0 Å². The first-order valence-corrected chi connectivity index (χ1v) is 9.51. The van der Waals surface area contributed by atoms with E-state index in [9.17, 15) is 15.3 Å². The lowest BCUT2D eigenvalue weighted by molar-refractivity contribution is -0.0511. The Morgan fingerprint density at radius 3 is 2.63 bits per heavy atom. The fraction of sp³-hybridized carbons (Fsp3) is 0.421. The first kappa shape index (κ1) is 20.3. The highest BCUT2D eigenvalue weighted by molar-refractivity contribution is 5.83. The molecule has 0 radical (unpaired) electrons. The number of fused-ring (bicyclic) bond motifs is 1. The molecule has 0 amide bonds. The minimum atomic E-state index is -1.25. The SMILES string of the molecule is COc1ccc(CCNc2nc(N)c3ncn([C@@H]4O[C@H](CO)C(O)C4O)c3n2)cc1. The molecule has 0 bridgehead atoms. The van der Waals surface area contributed by atoms with E-state index in [1.165, 1.54) is 10.9 Å². The quantitative estimate of drug-likeness (QED) is 0.345. The Morgan fingerprint density at radius 1 is 1.20 bits per heavy atom. The monoisotopic (exact) mass is 416 g/mol. The predicted molar refractivity (Wildman–Crippen MR) is 108 cm³/mol. The third kappa shape index (κ3) is 3.75. The molecule has 1 fully saturated rings. The van der Waals surface area contributed by atoms with Crippen LogP contribution in [-0.2, 0) is 11.2 Å². The summed E-state index contributed by atoms with van der Waals surface area (Å²) in [7, 11) is 1.62. The summed E-state index contributed by atoms with van der Waals surface area (Å²) >= 11 is 0. The van der Waals surface area contributed by atoms with E-state index in [1.54, 1.807) is 7.11 Å². The number of nitrogens with one attached hydrogen (secondary N) is 1. The highest BCUT2D eigenvalue weighted by atomic mass is 16.6. The van der Waals surface area contributed by atoms with Gasteiger partial charge in [-0.3, -0.25) is 4.57 Å². The van der Waals surface area contributed by atoms with Crippen molar-refractivity contribution in [1.82, 2.24) is 19.5 Å². The van der Waals surface area contributed by atoms with Crippen LogP contribution in [-0.4, -0.2) is 73.4 Å². The number of imidazole rings is 1. The van der Waals surface area contributed by atoms with Gasteiger partial charge >= 0.3 is 0 Å². The molecule has 2 unspecified atom stereocenters. The van der Waals surface area contributed by atoms with Gasteiger partial charge < -0.3 is 35.8 Å². The number of benzene rings is 1. The largest absolute Gasteiger partial charge is 0.497 e. The Bertz CT molecular complexity index is 1010. The average Bonchev–Trinajstić information content (AvgIpc) is 3.30. The summed E-state index contributed by atoms with van der Waals surface area (Å²) in [5.74, 6) is 1.28. The number of anilines is 2. The first-order valence-electron chi connectivity index (χ1n) is 9.51. The molecule has 4 atom stereocenters. The summed E-state index contributed by atoms with van der Waals surface area (Å²) in [6.07, 6.45) is -2.18. The van der Waals surface area contributed by atoms with Gasteiger partial charge in [0.1, 0.15) is 29.6 Å². The molecular formula is C19H24N6O5. The number of nitrogen functional groups attached to an aromatic ring is 1. The summed E-state index contributed by atoms with van der Waals surface area (Å²) in [5, 5.41) is 32.8. The summed E-state index contributed by atoms with van der Waals surface area (Å²) < 4.78 is 12.2. The summed E-state index contributed by atoms with van der Waals surface area (Å²) in [6.45, 7) is 0.149. The number of aromatic nitrogens is 4. The number of methoxy groups -OCH3 is 1. The second kappa shape index (κ2) is 8.40. The number of nitrogens with zero attached hydrogens (tertiary/aromatic N) is 4. The Labute approximate surface area is 172 Å². The van der Waals surface area contributed by atoms with E-state index in [0.29, 0.717) is 23.7 Å². The van der Waals surface area contributed by atoms with Crippen molar-refractivity contribution < 1.29 is 24.8 Å². The molecule has 3 aromatic rings. The number of hydrogen-bond donors (Lipinski definition) is 5. The lowest BCUT2D eigenvalue weighted by atomic mass is 10.1. The standard InChI is InChI=1S/C19H24N6O5/c1-29-11-4-2-10(3-5-11)6-7-21-19-23-16(20)13-17(24-19)25(9-22-13)18-15(28)14(27)12(8-26)30-18/h2-5,9,12,14-15,18,26-28H,6-8H2,1H3,(H3,20,21,23,24)/t12-,14?,15?,18-/m1/s1. The van der Waals surface area contributed by atoms with Gasteiger partial charge in [0.2, 0.25) is 5.95 Å². The molecule has 11 nitrogen and oxygen atoms in total. The Balaban J connectivity index is 1.51. The molecular weight excluding hydrogens is 392 g/mol. The van der Waals surface area contributed by atoms with Crippen molar-refractivity contribution in [2.45, 2.75) is 31.0 Å². The normalized spacial score (nSPS) is 23.7. The van der Waals surface area contributed by atoms with Gasteiger partial charge in [0, 0.05) is 6.54 Å². The van der Waals surface area contributed by atoms with Crippen molar-refractivity contribution in [2.24, 2.45) is 0 Å². The molecule has 4 rings (SSSR count). The second-order valence-electron chi connectivity index (χ2n) is 7.01. The Morgan fingerprint density at radius 2 is 1.97 bits per heavy atom. The molecule has 3 heterocycles. The van der Waals surface area contributed by atoms with Crippen LogP contribution in [0.4, 0.5) is 11.8 Å². The maximum absolute atomic E-state index is 10.3. The van der Waals surface area contributed by atoms with Gasteiger partial charge in [-0.15, -0.1) is 0 Å². The predicted octanol–water partition coefficient (Wildman–Crippen LogP) is -0.317. The molecule has 6 N–H and O–H groups in total. The van der Waals surface area contributed by atoms with Gasteiger partial charge in [0.25, 0.3) is 0 Å². The smallest absolute Gasteiger partial charge is 0.226 e. The van der Waals surface area contributed by atoms with E-state index < -0.39 is 31.1 Å². The fourth-order valence-electron chi connectivity index (χ4n) is 3.42. The maximum Gasteiger partial charge on any atom is 0.226 e. The van der Waals surface area contributed by atoms with Gasteiger partial charge in [0.15, 0.2) is 17.7 Å². The molecule has 11 heteroatoms. The van der Waals surface area contributed by atoms with Crippen LogP contribution in [0.3, 0.4) is 0 Å². The van der Waals surface area contributed by atoms with Crippen molar-refractivity contribution in [3.63, 3.8) is 0 Å².